The van der Waals surface area contributed by atoms with Gasteiger partial charge in [-0.1, -0.05) is 25.6 Å². The number of pyridine rings is 1. The van der Waals surface area contributed by atoms with Crippen LogP contribution in [0.4, 0.5) is 5.82 Å². The second-order valence-corrected chi connectivity index (χ2v) is 5.29. The van der Waals surface area contributed by atoms with Gasteiger partial charge in [0.2, 0.25) is 0 Å². The molecule has 17 heavy (non-hydrogen) atoms. The molecule has 2 rings (SSSR count). The molecular formula is C13H19N3S. The first-order valence-electron chi connectivity index (χ1n) is 6.15. The van der Waals surface area contributed by atoms with E-state index in [1.807, 2.05) is 12.1 Å². The summed E-state index contributed by atoms with van der Waals surface area (Å²) in [7, 11) is 0. The fourth-order valence-electron chi connectivity index (χ4n) is 2.29. The number of nitrogens with two attached hydrogens (primary N) is 1. The van der Waals surface area contributed by atoms with Gasteiger partial charge in [0.25, 0.3) is 0 Å². The van der Waals surface area contributed by atoms with Crippen LogP contribution in [0.3, 0.4) is 0 Å². The molecular weight excluding hydrogens is 230 g/mol. The standard InChI is InChI=1S/C13H19N3S/c1-2-13(5-3-6-13)9-16-11-8-10(12(14)17)4-7-15-11/h4,7-8H,2-3,5-6,9H2,1H3,(H2,14,17)(H,15,16). The maximum atomic E-state index is 5.60. The fraction of sp³-hybridized carbons (Fsp3) is 0.538. The Labute approximate surface area is 108 Å². The Morgan fingerprint density at radius 3 is 2.88 bits per heavy atom. The van der Waals surface area contributed by atoms with E-state index in [-0.39, 0.29) is 0 Å². The van der Waals surface area contributed by atoms with Crippen molar-refractivity contribution in [1.82, 2.24) is 4.98 Å². The highest BCUT2D eigenvalue weighted by Gasteiger charge is 2.34. The van der Waals surface area contributed by atoms with E-state index in [2.05, 4.69) is 17.2 Å². The van der Waals surface area contributed by atoms with Crippen LogP contribution in [-0.4, -0.2) is 16.5 Å². The fourth-order valence-corrected chi connectivity index (χ4v) is 2.42. The van der Waals surface area contributed by atoms with Crippen molar-refractivity contribution in [3.8, 4) is 0 Å². The number of nitrogens with one attached hydrogen (secondary N) is 1. The zero-order valence-corrected chi connectivity index (χ0v) is 11.0. The number of aromatic nitrogens is 1. The average molecular weight is 249 g/mol. The molecule has 0 saturated heterocycles. The summed E-state index contributed by atoms with van der Waals surface area (Å²) in [5.41, 5.74) is 6.96. The van der Waals surface area contributed by atoms with Crippen molar-refractivity contribution < 1.29 is 0 Å². The molecule has 3 N–H and O–H groups in total. The number of nitrogens with zero attached hydrogens (tertiary/aromatic N) is 1. The van der Waals surface area contributed by atoms with Crippen LogP contribution in [0.2, 0.25) is 0 Å². The lowest BCUT2D eigenvalue weighted by Gasteiger charge is -2.41. The SMILES string of the molecule is CCC1(CNc2cc(C(N)=S)ccn2)CCC1. The van der Waals surface area contributed by atoms with Gasteiger partial charge in [-0.25, -0.2) is 4.98 Å². The molecule has 0 bridgehead atoms. The molecule has 1 aromatic rings. The van der Waals surface area contributed by atoms with E-state index in [4.69, 9.17) is 18.0 Å². The highest BCUT2D eigenvalue weighted by molar-refractivity contribution is 7.80. The molecule has 0 radical (unpaired) electrons. The smallest absolute Gasteiger partial charge is 0.126 e. The van der Waals surface area contributed by atoms with Gasteiger partial charge in [-0.3, -0.25) is 0 Å². The second kappa shape index (κ2) is 5.00. The third-order valence-corrected chi connectivity index (χ3v) is 4.09. The van der Waals surface area contributed by atoms with E-state index in [1.165, 1.54) is 25.7 Å². The zero-order valence-electron chi connectivity index (χ0n) is 10.2. The summed E-state index contributed by atoms with van der Waals surface area (Å²) >= 11 is 4.96. The van der Waals surface area contributed by atoms with E-state index in [0.717, 1.165) is 17.9 Å². The minimum atomic E-state index is 0.421. The molecule has 4 heteroatoms. The van der Waals surface area contributed by atoms with Crippen molar-refractivity contribution in [3.05, 3.63) is 23.9 Å². The topological polar surface area (TPSA) is 50.9 Å². The second-order valence-electron chi connectivity index (χ2n) is 4.85. The Morgan fingerprint density at radius 2 is 2.35 bits per heavy atom. The van der Waals surface area contributed by atoms with E-state index in [1.54, 1.807) is 6.20 Å². The van der Waals surface area contributed by atoms with Crippen molar-refractivity contribution in [3.63, 3.8) is 0 Å². The van der Waals surface area contributed by atoms with Crippen LogP contribution in [0.25, 0.3) is 0 Å². The summed E-state index contributed by atoms with van der Waals surface area (Å²) in [6.45, 7) is 3.26. The molecule has 3 nitrogen and oxygen atoms in total. The van der Waals surface area contributed by atoms with Gasteiger partial charge in [0.1, 0.15) is 10.8 Å². The third kappa shape index (κ3) is 2.75. The Hall–Kier alpha value is -1.16. The first-order chi connectivity index (χ1) is 8.15. The first kappa shape index (κ1) is 12.3. The van der Waals surface area contributed by atoms with Crippen molar-refractivity contribution in [2.75, 3.05) is 11.9 Å². The Balaban J connectivity index is 1.99. The summed E-state index contributed by atoms with van der Waals surface area (Å²) in [6.07, 6.45) is 6.98. The molecule has 0 aromatic carbocycles. The molecule has 1 aliphatic carbocycles. The van der Waals surface area contributed by atoms with Crippen LogP contribution in [0.15, 0.2) is 18.3 Å². The molecule has 0 unspecified atom stereocenters. The van der Waals surface area contributed by atoms with Gasteiger partial charge in [-0.2, -0.15) is 0 Å². The minimum Gasteiger partial charge on any atom is -0.389 e. The largest absolute Gasteiger partial charge is 0.389 e. The predicted octanol–water partition coefficient (Wildman–Crippen LogP) is 2.71. The maximum Gasteiger partial charge on any atom is 0.126 e. The van der Waals surface area contributed by atoms with E-state index < -0.39 is 0 Å². The van der Waals surface area contributed by atoms with Crippen LogP contribution in [-0.2, 0) is 0 Å². The van der Waals surface area contributed by atoms with Crippen LogP contribution >= 0.6 is 12.2 Å². The highest BCUT2D eigenvalue weighted by atomic mass is 32.1. The molecule has 0 amide bonds. The summed E-state index contributed by atoms with van der Waals surface area (Å²) in [5.74, 6) is 0.870. The normalized spacial score (nSPS) is 17.2. The molecule has 92 valence electrons. The van der Waals surface area contributed by atoms with Crippen LogP contribution in [0.1, 0.15) is 38.2 Å². The number of anilines is 1. The monoisotopic (exact) mass is 249 g/mol. The maximum absolute atomic E-state index is 5.60. The lowest BCUT2D eigenvalue weighted by Crippen LogP contribution is -2.36. The molecule has 1 aromatic heterocycles. The molecule has 1 heterocycles. The number of thiocarbonyl (C=S) groups is 1. The van der Waals surface area contributed by atoms with Gasteiger partial charge in [0.05, 0.1) is 0 Å². The van der Waals surface area contributed by atoms with Gasteiger partial charge >= 0.3 is 0 Å². The Bertz CT molecular complexity index is 407. The molecule has 1 fully saturated rings. The van der Waals surface area contributed by atoms with Crippen LogP contribution in [0, 0.1) is 5.41 Å². The highest BCUT2D eigenvalue weighted by Crippen LogP contribution is 2.43. The quantitative estimate of drug-likeness (QED) is 0.788. The van der Waals surface area contributed by atoms with E-state index in [0.29, 0.717) is 10.4 Å². The lowest BCUT2D eigenvalue weighted by molar-refractivity contribution is 0.145. The molecule has 0 spiro atoms. The third-order valence-electron chi connectivity index (χ3n) is 3.85. The van der Waals surface area contributed by atoms with E-state index >= 15 is 0 Å². The number of rotatable bonds is 5. The van der Waals surface area contributed by atoms with Gasteiger partial charge < -0.3 is 11.1 Å². The summed E-state index contributed by atoms with van der Waals surface area (Å²) < 4.78 is 0. The van der Waals surface area contributed by atoms with Crippen molar-refractivity contribution >= 4 is 23.0 Å². The summed E-state index contributed by atoms with van der Waals surface area (Å²) in [6, 6.07) is 3.76. The Kier molecular flexibility index (Phi) is 3.62. The van der Waals surface area contributed by atoms with Gasteiger partial charge in [-0.05, 0) is 36.8 Å². The van der Waals surface area contributed by atoms with Crippen molar-refractivity contribution in [2.24, 2.45) is 11.1 Å². The minimum absolute atomic E-state index is 0.421. The van der Waals surface area contributed by atoms with Crippen LogP contribution < -0.4 is 11.1 Å². The lowest BCUT2D eigenvalue weighted by atomic mass is 9.67. The average Bonchev–Trinajstić information content (AvgIpc) is 2.28. The molecule has 1 aliphatic rings. The van der Waals surface area contributed by atoms with Gasteiger partial charge in [0, 0.05) is 18.3 Å². The number of hydrogen-bond acceptors (Lipinski definition) is 3. The predicted molar refractivity (Wildman–Crippen MR) is 75.2 cm³/mol. The number of hydrogen-bond donors (Lipinski definition) is 2. The van der Waals surface area contributed by atoms with Crippen molar-refractivity contribution in [1.29, 1.82) is 0 Å². The van der Waals surface area contributed by atoms with Gasteiger partial charge in [0.15, 0.2) is 0 Å². The summed E-state index contributed by atoms with van der Waals surface area (Å²) in [4.78, 5) is 4.71. The molecule has 0 atom stereocenters. The van der Waals surface area contributed by atoms with Crippen LogP contribution in [0.5, 0.6) is 0 Å². The zero-order chi connectivity index (χ0) is 12.3. The molecule has 1 saturated carbocycles. The van der Waals surface area contributed by atoms with E-state index in [9.17, 15) is 0 Å². The first-order valence-corrected chi connectivity index (χ1v) is 6.56. The Morgan fingerprint density at radius 1 is 1.59 bits per heavy atom. The van der Waals surface area contributed by atoms with Gasteiger partial charge in [-0.15, -0.1) is 0 Å². The van der Waals surface area contributed by atoms with Crippen molar-refractivity contribution in [2.45, 2.75) is 32.6 Å². The molecule has 0 aliphatic heterocycles. The summed E-state index contributed by atoms with van der Waals surface area (Å²) in [5, 5.41) is 3.41.